The van der Waals surface area contributed by atoms with Gasteiger partial charge >= 0.3 is 6.03 Å². The van der Waals surface area contributed by atoms with Crippen LogP contribution in [-0.4, -0.2) is 48.2 Å². The van der Waals surface area contributed by atoms with Gasteiger partial charge in [-0.2, -0.15) is 0 Å². The molecular weight excluding hydrogens is 432 g/mol. The van der Waals surface area contributed by atoms with Gasteiger partial charge in [-0.1, -0.05) is 13.0 Å². The Morgan fingerprint density at radius 1 is 1.03 bits per heavy atom. The molecule has 2 aromatic carbocycles. The summed E-state index contributed by atoms with van der Waals surface area (Å²) < 4.78 is 5.49. The van der Waals surface area contributed by atoms with Crippen molar-refractivity contribution in [2.24, 2.45) is 5.73 Å². The number of rotatable bonds is 6. The van der Waals surface area contributed by atoms with Crippen LogP contribution in [0.25, 0.3) is 11.4 Å². The van der Waals surface area contributed by atoms with Gasteiger partial charge in [0, 0.05) is 46.8 Å². The third kappa shape index (κ3) is 5.32. The van der Waals surface area contributed by atoms with Crippen molar-refractivity contribution >= 4 is 29.1 Å². The average Bonchev–Trinajstić information content (AvgIpc) is 2.85. The molecule has 0 saturated carbocycles. The Balaban J connectivity index is 1.49. The summed E-state index contributed by atoms with van der Waals surface area (Å²) in [6, 6.07) is 13.4. The fourth-order valence-electron chi connectivity index (χ4n) is 3.85. The van der Waals surface area contributed by atoms with Crippen LogP contribution in [0.4, 0.5) is 22.0 Å². The lowest BCUT2D eigenvalue weighted by Crippen LogP contribution is -2.37. The molecule has 3 amide bonds. The van der Waals surface area contributed by atoms with Crippen molar-refractivity contribution in [3.05, 3.63) is 65.4 Å². The van der Waals surface area contributed by atoms with Crippen LogP contribution in [0.2, 0.25) is 0 Å². The number of carbonyl (C=O) groups excluding carboxylic acids is 2. The van der Waals surface area contributed by atoms with E-state index in [1.807, 2.05) is 12.1 Å². The fourth-order valence-corrected chi connectivity index (χ4v) is 3.85. The van der Waals surface area contributed by atoms with E-state index >= 15 is 0 Å². The molecule has 1 aromatic heterocycles. The SMILES string of the molecule is CCc1nc(-c2ccc(NC(=O)Nc3cccc(C(N)=O)c3)cc2)nc(N2CCOCC2)c1C. The number of anilines is 3. The highest BCUT2D eigenvalue weighted by atomic mass is 16.5. The quantitative estimate of drug-likeness (QED) is 0.517. The minimum absolute atomic E-state index is 0.322. The molecule has 0 bridgehead atoms. The van der Waals surface area contributed by atoms with Crippen molar-refractivity contribution in [3.8, 4) is 11.4 Å². The second-order valence-corrected chi connectivity index (χ2v) is 8.00. The zero-order chi connectivity index (χ0) is 24.1. The Kier molecular flexibility index (Phi) is 7.03. The molecule has 176 valence electrons. The van der Waals surface area contributed by atoms with Crippen LogP contribution in [0.5, 0.6) is 0 Å². The summed E-state index contributed by atoms with van der Waals surface area (Å²) >= 11 is 0. The normalized spacial score (nSPS) is 13.4. The summed E-state index contributed by atoms with van der Waals surface area (Å²) in [6.45, 7) is 7.15. The number of urea groups is 1. The number of benzene rings is 2. The van der Waals surface area contributed by atoms with Crippen LogP contribution in [0.1, 0.15) is 28.5 Å². The van der Waals surface area contributed by atoms with Gasteiger partial charge in [-0.05, 0) is 55.8 Å². The highest BCUT2D eigenvalue weighted by Crippen LogP contribution is 2.26. The minimum Gasteiger partial charge on any atom is -0.378 e. The molecule has 34 heavy (non-hydrogen) atoms. The number of ether oxygens (including phenoxy) is 1. The highest BCUT2D eigenvalue weighted by molar-refractivity contribution is 6.01. The molecule has 2 heterocycles. The van der Waals surface area contributed by atoms with Gasteiger partial charge in [0.1, 0.15) is 5.82 Å². The van der Waals surface area contributed by atoms with Crippen molar-refractivity contribution in [2.75, 3.05) is 41.8 Å². The highest BCUT2D eigenvalue weighted by Gasteiger charge is 2.19. The number of hydrogen-bond acceptors (Lipinski definition) is 6. The van der Waals surface area contributed by atoms with E-state index in [0.717, 1.165) is 42.1 Å². The number of hydrogen-bond donors (Lipinski definition) is 3. The smallest absolute Gasteiger partial charge is 0.323 e. The second kappa shape index (κ2) is 10.3. The van der Waals surface area contributed by atoms with E-state index in [9.17, 15) is 9.59 Å². The van der Waals surface area contributed by atoms with E-state index in [0.29, 0.717) is 36.0 Å². The first-order valence-electron chi connectivity index (χ1n) is 11.2. The summed E-state index contributed by atoms with van der Waals surface area (Å²) in [4.78, 5) is 35.6. The summed E-state index contributed by atoms with van der Waals surface area (Å²) in [5.74, 6) is 1.05. The first-order chi connectivity index (χ1) is 16.4. The van der Waals surface area contributed by atoms with Gasteiger partial charge in [0.15, 0.2) is 5.82 Å². The van der Waals surface area contributed by atoms with Crippen LogP contribution in [0.3, 0.4) is 0 Å². The minimum atomic E-state index is -0.555. The maximum absolute atomic E-state index is 12.4. The largest absolute Gasteiger partial charge is 0.378 e. The number of morpholine rings is 1. The first-order valence-corrected chi connectivity index (χ1v) is 11.2. The zero-order valence-electron chi connectivity index (χ0n) is 19.3. The summed E-state index contributed by atoms with van der Waals surface area (Å²) in [5.41, 5.74) is 9.69. The Morgan fingerprint density at radius 2 is 1.74 bits per heavy atom. The Hall–Kier alpha value is -3.98. The molecule has 0 unspecified atom stereocenters. The van der Waals surface area contributed by atoms with Gasteiger partial charge < -0.3 is 26.0 Å². The maximum atomic E-state index is 12.4. The number of carbonyl (C=O) groups is 2. The van der Waals surface area contributed by atoms with Crippen LogP contribution < -0.4 is 21.3 Å². The van der Waals surface area contributed by atoms with E-state index in [-0.39, 0.29) is 0 Å². The molecule has 9 nitrogen and oxygen atoms in total. The number of primary amides is 1. The molecule has 0 radical (unpaired) electrons. The van der Waals surface area contributed by atoms with E-state index in [2.05, 4.69) is 29.4 Å². The summed E-state index contributed by atoms with van der Waals surface area (Å²) in [7, 11) is 0. The maximum Gasteiger partial charge on any atom is 0.323 e. The third-order valence-electron chi connectivity index (χ3n) is 5.67. The van der Waals surface area contributed by atoms with Gasteiger partial charge in [-0.15, -0.1) is 0 Å². The fraction of sp³-hybridized carbons (Fsp3) is 0.280. The van der Waals surface area contributed by atoms with Crippen LogP contribution in [0, 0.1) is 6.92 Å². The number of aryl methyl sites for hydroxylation is 1. The predicted octanol–water partition coefficient (Wildman–Crippen LogP) is 3.59. The van der Waals surface area contributed by atoms with Crippen molar-refractivity contribution < 1.29 is 14.3 Å². The number of nitrogens with one attached hydrogen (secondary N) is 2. The molecule has 9 heteroatoms. The van der Waals surface area contributed by atoms with E-state index < -0.39 is 11.9 Å². The Bertz CT molecular complexity index is 1190. The Labute approximate surface area is 198 Å². The average molecular weight is 461 g/mol. The lowest BCUT2D eigenvalue weighted by Gasteiger charge is -2.29. The second-order valence-electron chi connectivity index (χ2n) is 8.00. The molecular formula is C25H28N6O3. The van der Waals surface area contributed by atoms with Crippen molar-refractivity contribution in [2.45, 2.75) is 20.3 Å². The molecule has 0 spiro atoms. The molecule has 1 aliphatic heterocycles. The van der Waals surface area contributed by atoms with E-state index in [4.69, 9.17) is 20.4 Å². The summed E-state index contributed by atoms with van der Waals surface area (Å²) in [6.07, 6.45) is 0.815. The molecule has 3 aromatic rings. The number of nitrogens with zero attached hydrogens (tertiary/aromatic N) is 3. The van der Waals surface area contributed by atoms with Crippen LogP contribution in [-0.2, 0) is 11.2 Å². The summed E-state index contributed by atoms with van der Waals surface area (Å²) in [5, 5.41) is 5.48. The molecule has 4 N–H and O–H groups in total. The lowest BCUT2D eigenvalue weighted by atomic mass is 10.1. The van der Waals surface area contributed by atoms with Crippen LogP contribution in [0.15, 0.2) is 48.5 Å². The van der Waals surface area contributed by atoms with Gasteiger partial charge in [0.2, 0.25) is 5.91 Å². The topological polar surface area (TPSA) is 122 Å². The molecule has 1 aliphatic rings. The van der Waals surface area contributed by atoms with Gasteiger partial charge in [0.25, 0.3) is 0 Å². The predicted molar refractivity (Wildman–Crippen MR) is 132 cm³/mol. The monoisotopic (exact) mass is 460 g/mol. The molecule has 0 aliphatic carbocycles. The van der Waals surface area contributed by atoms with Crippen molar-refractivity contribution in [1.82, 2.24) is 9.97 Å². The first kappa shape index (κ1) is 23.2. The standard InChI is InChI=1S/C25H28N6O3/c1-3-21-16(2)24(31-11-13-34-14-12-31)30-23(29-21)17-7-9-19(10-8-17)27-25(33)28-20-6-4-5-18(15-20)22(26)32/h4-10,15H,3,11-14H2,1-2H3,(H2,26,32)(H2,27,28,33). The van der Waals surface area contributed by atoms with E-state index in [1.165, 1.54) is 6.07 Å². The zero-order valence-corrected chi connectivity index (χ0v) is 19.3. The van der Waals surface area contributed by atoms with Crippen molar-refractivity contribution in [1.29, 1.82) is 0 Å². The Morgan fingerprint density at radius 3 is 2.41 bits per heavy atom. The third-order valence-corrected chi connectivity index (χ3v) is 5.67. The van der Waals surface area contributed by atoms with Gasteiger partial charge in [-0.25, -0.2) is 14.8 Å². The van der Waals surface area contributed by atoms with Gasteiger partial charge in [0.05, 0.1) is 13.2 Å². The van der Waals surface area contributed by atoms with E-state index in [1.54, 1.807) is 30.3 Å². The number of amides is 3. The molecule has 1 fully saturated rings. The lowest BCUT2D eigenvalue weighted by molar-refractivity contribution is 0.1000. The van der Waals surface area contributed by atoms with Crippen LogP contribution >= 0.6 is 0 Å². The molecule has 0 atom stereocenters. The van der Waals surface area contributed by atoms with Crippen molar-refractivity contribution in [3.63, 3.8) is 0 Å². The number of nitrogens with two attached hydrogens (primary N) is 1. The van der Waals surface area contributed by atoms with Gasteiger partial charge in [-0.3, -0.25) is 4.79 Å². The molecule has 4 rings (SSSR count). The molecule has 1 saturated heterocycles. The number of aromatic nitrogens is 2.